The molecule has 0 bridgehead atoms. The van der Waals surface area contributed by atoms with Gasteiger partial charge in [0.15, 0.2) is 9.84 Å². The van der Waals surface area contributed by atoms with E-state index in [4.69, 9.17) is 0 Å². The Morgan fingerprint density at radius 1 is 0.886 bits per heavy atom. The van der Waals surface area contributed by atoms with Gasteiger partial charge in [0.2, 0.25) is 5.91 Å². The third kappa shape index (κ3) is 5.62. The quantitative estimate of drug-likeness (QED) is 0.416. The maximum absolute atomic E-state index is 13.4. The molecule has 0 N–H and O–H groups in total. The van der Waals surface area contributed by atoms with Crippen molar-refractivity contribution in [2.45, 2.75) is 38.5 Å². The fraction of sp³-hybridized carbons (Fsp3) is 0.286. The molecule has 6 nitrogen and oxygen atoms in total. The lowest BCUT2D eigenvalue weighted by Crippen LogP contribution is -2.31. The molecule has 35 heavy (non-hydrogen) atoms. The van der Waals surface area contributed by atoms with Crippen molar-refractivity contribution in [2.24, 2.45) is 5.92 Å². The van der Waals surface area contributed by atoms with Gasteiger partial charge in [0.1, 0.15) is 0 Å². The number of aryl methyl sites for hydroxylation is 1. The molecule has 3 aromatic carbocycles. The van der Waals surface area contributed by atoms with E-state index in [1.807, 2.05) is 38.1 Å². The van der Waals surface area contributed by atoms with Gasteiger partial charge >= 0.3 is 0 Å². The first kappa shape index (κ1) is 24.7. The highest BCUT2D eigenvalue weighted by Gasteiger charge is 2.29. The van der Waals surface area contributed by atoms with Gasteiger partial charge in [0.25, 0.3) is 5.91 Å². The number of anilines is 3. The lowest BCUT2D eigenvalue weighted by Gasteiger charge is -2.24. The van der Waals surface area contributed by atoms with E-state index in [-0.39, 0.29) is 28.4 Å². The van der Waals surface area contributed by atoms with Crippen molar-refractivity contribution in [1.82, 2.24) is 0 Å². The number of carbonyl (C=O) groups is 2. The summed E-state index contributed by atoms with van der Waals surface area (Å²) in [6.07, 6.45) is 1.92. The molecular formula is C28H30N2O4S. The van der Waals surface area contributed by atoms with E-state index in [1.54, 1.807) is 53.4 Å². The van der Waals surface area contributed by atoms with Crippen molar-refractivity contribution in [3.63, 3.8) is 0 Å². The fourth-order valence-corrected chi connectivity index (χ4v) is 5.88. The summed E-state index contributed by atoms with van der Waals surface area (Å²) in [5.41, 5.74) is 3.42. The Morgan fingerprint density at radius 3 is 2.14 bits per heavy atom. The van der Waals surface area contributed by atoms with Crippen LogP contribution in [0.2, 0.25) is 0 Å². The first-order valence-corrected chi connectivity index (χ1v) is 13.5. The molecule has 3 aromatic rings. The largest absolute Gasteiger partial charge is 0.309 e. The molecule has 182 valence electrons. The van der Waals surface area contributed by atoms with Crippen LogP contribution in [0.25, 0.3) is 0 Å². The lowest BCUT2D eigenvalue weighted by molar-refractivity contribution is -0.115. The standard InChI is InChI=1S/C28H30N2O4S/c1-4-29(25-9-5-7-20(2)17-25)28(32)23-8-6-10-26(18-23)30(21(3)31)24-13-15-27(16-14-24)35(33,34)19-22-11-12-22/h5-10,13-18,22H,4,11-12,19H2,1-3H3. The highest BCUT2D eigenvalue weighted by atomic mass is 32.2. The van der Waals surface area contributed by atoms with Gasteiger partial charge in [-0.15, -0.1) is 0 Å². The molecule has 2 amide bonds. The van der Waals surface area contributed by atoms with Gasteiger partial charge in [-0.3, -0.25) is 14.5 Å². The summed E-state index contributed by atoms with van der Waals surface area (Å²) in [6, 6.07) is 21.1. The van der Waals surface area contributed by atoms with Gasteiger partial charge in [-0.25, -0.2) is 8.42 Å². The van der Waals surface area contributed by atoms with Crippen LogP contribution in [0.1, 0.15) is 42.6 Å². The van der Waals surface area contributed by atoms with E-state index in [0.717, 1.165) is 24.1 Å². The number of carbonyl (C=O) groups excluding carboxylic acids is 2. The second kappa shape index (κ2) is 10.0. The number of hydrogen-bond acceptors (Lipinski definition) is 4. The topological polar surface area (TPSA) is 74.8 Å². The number of amides is 2. The maximum atomic E-state index is 13.4. The minimum atomic E-state index is -3.34. The van der Waals surface area contributed by atoms with Crippen molar-refractivity contribution in [3.05, 3.63) is 83.9 Å². The van der Waals surface area contributed by atoms with E-state index in [0.29, 0.717) is 23.5 Å². The van der Waals surface area contributed by atoms with Crippen molar-refractivity contribution < 1.29 is 18.0 Å². The maximum Gasteiger partial charge on any atom is 0.258 e. The van der Waals surface area contributed by atoms with E-state index >= 15 is 0 Å². The molecule has 0 saturated heterocycles. The monoisotopic (exact) mass is 490 g/mol. The van der Waals surface area contributed by atoms with Gasteiger partial charge in [0.05, 0.1) is 10.6 Å². The lowest BCUT2D eigenvalue weighted by atomic mass is 10.1. The average Bonchev–Trinajstić information content (AvgIpc) is 3.63. The normalized spacial score (nSPS) is 13.3. The fourth-order valence-electron chi connectivity index (χ4n) is 4.18. The minimum absolute atomic E-state index is 0.162. The number of sulfone groups is 1. The zero-order chi connectivity index (χ0) is 25.2. The van der Waals surface area contributed by atoms with Crippen LogP contribution in [0.15, 0.2) is 77.7 Å². The zero-order valence-corrected chi connectivity index (χ0v) is 21.1. The number of nitrogens with zero attached hydrogens (tertiary/aromatic N) is 2. The molecule has 1 saturated carbocycles. The van der Waals surface area contributed by atoms with Crippen LogP contribution in [-0.4, -0.2) is 32.5 Å². The highest BCUT2D eigenvalue weighted by Crippen LogP contribution is 2.33. The molecule has 0 radical (unpaired) electrons. The predicted molar refractivity (Wildman–Crippen MR) is 139 cm³/mol. The van der Waals surface area contributed by atoms with Crippen LogP contribution in [0.4, 0.5) is 17.1 Å². The minimum Gasteiger partial charge on any atom is -0.309 e. The Kier molecular flexibility index (Phi) is 7.08. The number of hydrogen-bond donors (Lipinski definition) is 0. The molecule has 1 aliphatic carbocycles. The van der Waals surface area contributed by atoms with Gasteiger partial charge in [-0.05, 0) is 92.8 Å². The number of benzene rings is 3. The summed E-state index contributed by atoms with van der Waals surface area (Å²) in [4.78, 5) is 29.4. The Labute approximate surface area is 207 Å². The molecule has 0 unspecified atom stereocenters. The van der Waals surface area contributed by atoms with Crippen molar-refractivity contribution >= 4 is 38.7 Å². The Hall–Kier alpha value is -3.45. The van der Waals surface area contributed by atoms with Gasteiger partial charge in [-0.1, -0.05) is 18.2 Å². The van der Waals surface area contributed by atoms with Gasteiger partial charge in [-0.2, -0.15) is 0 Å². The van der Waals surface area contributed by atoms with E-state index in [9.17, 15) is 18.0 Å². The van der Waals surface area contributed by atoms with Crippen molar-refractivity contribution in [1.29, 1.82) is 0 Å². The Bertz CT molecular complexity index is 1350. The summed E-state index contributed by atoms with van der Waals surface area (Å²) in [7, 11) is -3.34. The summed E-state index contributed by atoms with van der Waals surface area (Å²) < 4.78 is 25.2. The molecule has 0 aliphatic heterocycles. The second-order valence-corrected chi connectivity index (χ2v) is 11.0. The Balaban J connectivity index is 1.63. The number of rotatable bonds is 8. The Morgan fingerprint density at radius 2 is 1.54 bits per heavy atom. The summed E-state index contributed by atoms with van der Waals surface area (Å²) >= 11 is 0. The van der Waals surface area contributed by atoms with Crippen LogP contribution in [0.3, 0.4) is 0 Å². The van der Waals surface area contributed by atoms with Crippen LogP contribution >= 0.6 is 0 Å². The molecule has 4 rings (SSSR count). The third-order valence-corrected chi connectivity index (χ3v) is 8.05. The van der Waals surface area contributed by atoms with Crippen LogP contribution in [-0.2, 0) is 14.6 Å². The van der Waals surface area contributed by atoms with E-state index < -0.39 is 9.84 Å². The predicted octanol–water partition coefficient (Wildman–Crippen LogP) is 5.53. The summed E-state index contributed by atoms with van der Waals surface area (Å²) in [5.74, 6) is 0.0252. The van der Waals surface area contributed by atoms with Crippen molar-refractivity contribution in [2.75, 3.05) is 22.1 Å². The van der Waals surface area contributed by atoms with Crippen LogP contribution < -0.4 is 9.80 Å². The summed E-state index contributed by atoms with van der Waals surface area (Å²) in [5, 5.41) is 0. The molecular weight excluding hydrogens is 460 g/mol. The molecule has 0 atom stereocenters. The van der Waals surface area contributed by atoms with Gasteiger partial charge in [0, 0.05) is 36.1 Å². The zero-order valence-electron chi connectivity index (χ0n) is 20.3. The SMILES string of the molecule is CCN(C(=O)c1cccc(N(C(C)=O)c2ccc(S(=O)(=O)CC3CC3)cc2)c1)c1cccc(C)c1. The van der Waals surface area contributed by atoms with Gasteiger partial charge < -0.3 is 4.90 Å². The first-order chi connectivity index (χ1) is 16.7. The highest BCUT2D eigenvalue weighted by molar-refractivity contribution is 7.91. The second-order valence-electron chi connectivity index (χ2n) is 9.01. The summed E-state index contributed by atoms with van der Waals surface area (Å²) in [6.45, 7) is 5.84. The smallest absolute Gasteiger partial charge is 0.258 e. The molecule has 0 heterocycles. The first-order valence-electron chi connectivity index (χ1n) is 11.8. The van der Waals surface area contributed by atoms with Crippen molar-refractivity contribution in [3.8, 4) is 0 Å². The molecule has 1 aliphatic rings. The average molecular weight is 491 g/mol. The molecule has 0 spiro atoms. The van der Waals surface area contributed by atoms with E-state index in [1.165, 1.54) is 11.8 Å². The molecule has 7 heteroatoms. The molecule has 0 aromatic heterocycles. The molecule has 1 fully saturated rings. The van der Waals surface area contributed by atoms with E-state index in [2.05, 4.69) is 0 Å². The van der Waals surface area contributed by atoms with Crippen LogP contribution in [0.5, 0.6) is 0 Å². The third-order valence-electron chi connectivity index (χ3n) is 6.15. The van der Waals surface area contributed by atoms with Crippen LogP contribution in [0, 0.1) is 12.8 Å².